The molecule has 2 rings (SSSR count). The van der Waals surface area contributed by atoms with Crippen LogP contribution in [0.2, 0.25) is 0 Å². The Bertz CT molecular complexity index is 497. The van der Waals surface area contributed by atoms with Gasteiger partial charge in [0.25, 0.3) is 5.91 Å². The minimum absolute atomic E-state index is 0.000715. The molecule has 0 aliphatic carbocycles. The predicted molar refractivity (Wildman–Crippen MR) is 95.9 cm³/mol. The number of benzene rings is 1. The molecular weight excluding hydrogens is 302 g/mol. The first-order valence-electron chi connectivity index (χ1n) is 9.08. The highest BCUT2D eigenvalue weighted by molar-refractivity contribution is 5.94. The van der Waals surface area contributed by atoms with E-state index in [9.17, 15) is 9.59 Å². The van der Waals surface area contributed by atoms with Crippen molar-refractivity contribution in [1.29, 1.82) is 0 Å². The van der Waals surface area contributed by atoms with E-state index < -0.39 is 0 Å². The molecule has 1 aromatic carbocycles. The van der Waals surface area contributed by atoms with E-state index in [-0.39, 0.29) is 11.8 Å². The van der Waals surface area contributed by atoms with Crippen molar-refractivity contribution < 1.29 is 9.59 Å². The Hall–Kier alpha value is -1.88. The molecule has 1 aliphatic rings. The van der Waals surface area contributed by atoms with Gasteiger partial charge < -0.3 is 15.5 Å². The Morgan fingerprint density at radius 2 is 1.62 bits per heavy atom. The van der Waals surface area contributed by atoms with Crippen LogP contribution < -0.4 is 10.6 Å². The third-order valence-electron chi connectivity index (χ3n) is 4.35. The van der Waals surface area contributed by atoms with Gasteiger partial charge in [0, 0.05) is 25.1 Å². The molecule has 132 valence electrons. The Labute approximate surface area is 144 Å². The van der Waals surface area contributed by atoms with Gasteiger partial charge in [-0.15, -0.1) is 0 Å². The molecule has 0 spiro atoms. The first kappa shape index (κ1) is 18.5. The Morgan fingerprint density at radius 1 is 0.917 bits per heavy atom. The molecule has 0 bridgehead atoms. The van der Waals surface area contributed by atoms with Gasteiger partial charge in [0.05, 0.1) is 0 Å². The zero-order chi connectivity index (χ0) is 17.0. The van der Waals surface area contributed by atoms with Gasteiger partial charge in [-0.1, -0.05) is 31.0 Å². The lowest BCUT2D eigenvalue weighted by Crippen LogP contribution is -2.33. The van der Waals surface area contributed by atoms with E-state index in [2.05, 4.69) is 15.5 Å². The Kier molecular flexibility index (Phi) is 8.32. The minimum atomic E-state index is -0.135. The molecule has 5 nitrogen and oxygen atoms in total. The van der Waals surface area contributed by atoms with Crippen LogP contribution in [0.1, 0.15) is 48.9 Å². The lowest BCUT2D eigenvalue weighted by Gasteiger charge is -2.19. The van der Waals surface area contributed by atoms with Crippen LogP contribution in [0.25, 0.3) is 0 Å². The third kappa shape index (κ3) is 7.13. The van der Waals surface area contributed by atoms with E-state index in [0.29, 0.717) is 25.1 Å². The summed E-state index contributed by atoms with van der Waals surface area (Å²) in [7, 11) is 0. The summed E-state index contributed by atoms with van der Waals surface area (Å²) in [6, 6.07) is 9.05. The standard InChI is InChI=1S/C19H29N3O2/c23-18(11-13-21-19(24)17-9-4-3-5-10-17)20-12-8-16-22-14-6-1-2-7-15-22/h3-5,9-10H,1-2,6-8,11-16H2,(H,20,23)(H,21,24). The van der Waals surface area contributed by atoms with Crippen LogP contribution in [0.3, 0.4) is 0 Å². The highest BCUT2D eigenvalue weighted by Crippen LogP contribution is 2.09. The predicted octanol–water partition coefficient (Wildman–Crippen LogP) is 2.19. The molecule has 2 amide bonds. The van der Waals surface area contributed by atoms with Gasteiger partial charge >= 0.3 is 0 Å². The number of nitrogens with zero attached hydrogens (tertiary/aromatic N) is 1. The molecule has 2 N–H and O–H groups in total. The van der Waals surface area contributed by atoms with E-state index in [0.717, 1.165) is 13.0 Å². The maximum Gasteiger partial charge on any atom is 0.251 e. The molecule has 1 aromatic rings. The summed E-state index contributed by atoms with van der Waals surface area (Å²) in [5.41, 5.74) is 0.621. The maximum absolute atomic E-state index is 11.8. The van der Waals surface area contributed by atoms with Crippen LogP contribution in [-0.2, 0) is 4.79 Å². The summed E-state index contributed by atoms with van der Waals surface area (Å²) >= 11 is 0. The summed E-state index contributed by atoms with van der Waals surface area (Å²) in [4.78, 5) is 26.1. The normalized spacial score (nSPS) is 15.5. The lowest BCUT2D eigenvalue weighted by atomic mass is 10.2. The van der Waals surface area contributed by atoms with Crippen LogP contribution in [0.15, 0.2) is 30.3 Å². The molecular formula is C19H29N3O2. The zero-order valence-electron chi connectivity index (χ0n) is 14.4. The molecule has 0 aromatic heterocycles. The van der Waals surface area contributed by atoms with Crippen molar-refractivity contribution >= 4 is 11.8 Å². The number of carbonyl (C=O) groups excluding carboxylic acids is 2. The zero-order valence-corrected chi connectivity index (χ0v) is 14.4. The molecule has 5 heteroatoms. The molecule has 24 heavy (non-hydrogen) atoms. The van der Waals surface area contributed by atoms with Crippen LogP contribution in [0.5, 0.6) is 0 Å². The largest absolute Gasteiger partial charge is 0.356 e. The fourth-order valence-electron chi connectivity index (χ4n) is 2.96. The average molecular weight is 331 g/mol. The molecule has 0 atom stereocenters. The second-order valence-corrected chi connectivity index (χ2v) is 6.33. The van der Waals surface area contributed by atoms with Crippen LogP contribution >= 0.6 is 0 Å². The quantitative estimate of drug-likeness (QED) is 0.718. The van der Waals surface area contributed by atoms with Gasteiger partial charge in [-0.2, -0.15) is 0 Å². The van der Waals surface area contributed by atoms with Gasteiger partial charge in [0.1, 0.15) is 0 Å². The minimum Gasteiger partial charge on any atom is -0.356 e. The van der Waals surface area contributed by atoms with Crippen LogP contribution in [-0.4, -0.2) is 49.4 Å². The van der Waals surface area contributed by atoms with Crippen molar-refractivity contribution in [2.45, 2.75) is 38.5 Å². The second-order valence-electron chi connectivity index (χ2n) is 6.33. The van der Waals surface area contributed by atoms with E-state index >= 15 is 0 Å². The van der Waals surface area contributed by atoms with Crippen molar-refractivity contribution in [3.63, 3.8) is 0 Å². The molecule has 0 radical (unpaired) electrons. The Balaban J connectivity index is 1.51. The van der Waals surface area contributed by atoms with Crippen molar-refractivity contribution in [3.8, 4) is 0 Å². The van der Waals surface area contributed by atoms with Gasteiger partial charge in [-0.3, -0.25) is 9.59 Å². The number of carbonyl (C=O) groups is 2. The fraction of sp³-hybridized carbons (Fsp3) is 0.579. The van der Waals surface area contributed by atoms with Gasteiger partial charge in [0.15, 0.2) is 0 Å². The summed E-state index contributed by atoms with van der Waals surface area (Å²) in [6.07, 6.45) is 6.61. The third-order valence-corrected chi connectivity index (χ3v) is 4.35. The number of likely N-dealkylation sites (tertiary alicyclic amines) is 1. The fourth-order valence-corrected chi connectivity index (χ4v) is 2.96. The summed E-state index contributed by atoms with van der Waals surface area (Å²) in [6.45, 7) is 4.53. The summed E-state index contributed by atoms with van der Waals surface area (Å²) in [5.74, 6) is -0.135. The monoisotopic (exact) mass is 331 g/mol. The first-order chi connectivity index (χ1) is 11.8. The maximum atomic E-state index is 11.8. The van der Waals surface area contributed by atoms with Crippen molar-refractivity contribution in [2.24, 2.45) is 0 Å². The smallest absolute Gasteiger partial charge is 0.251 e. The molecule has 1 heterocycles. The van der Waals surface area contributed by atoms with Crippen LogP contribution in [0, 0.1) is 0 Å². The number of rotatable bonds is 8. The highest BCUT2D eigenvalue weighted by Gasteiger charge is 2.09. The van der Waals surface area contributed by atoms with E-state index in [1.807, 2.05) is 18.2 Å². The SMILES string of the molecule is O=C(CCNC(=O)c1ccccc1)NCCCN1CCCCCC1. The summed E-state index contributed by atoms with van der Waals surface area (Å²) < 4.78 is 0. The number of hydrogen-bond donors (Lipinski definition) is 2. The summed E-state index contributed by atoms with van der Waals surface area (Å²) in [5, 5.41) is 5.71. The molecule has 1 fully saturated rings. The van der Waals surface area contributed by atoms with Crippen LogP contribution in [0.4, 0.5) is 0 Å². The van der Waals surface area contributed by atoms with E-state index in [1.54, 1.807) is 12.1 Å². The van der Waals surface area contributed by atoms with Crippen molar-refractivity contribution in [3.05, 3.63) is 35.9 Å². The van der Waals surface area contributed by atoms with Crippen molar-refractivity contribution in [2.75, 3.05) is 32.7 Å². The Morgan fingerprint density at radius 3 is 2.33 bits per heavy atom. The average Bonchev–Trinajstić information content (AvgIpc) is 2.88. The lowest BCUT2D eigenvalue weighted by molar-refractivity contribution is -0.120. The van der Waals surface area contributed by atoms with Gasteiger partial charge in [-0.25, -0.2) is 0 Å². The van der Waals surface area contributed by atoms with E-state index in [4.69, 9.17) is 0 Å². The van der Waals surface area contributed by atoms with E-state index in [1.165, 1.54) is 38.8 Å². The highest BCUT2D eigenvalue weighted by atomic mass is 16.2. The second kappa shape index (κ2) is 10.8. The van der Waals surface area contributed by atoms with Crippen molar-refractivity contribution in [1.82, 2.24) is 15.5 Å². The van der Waals surface area contributed by atoms with Gasteiger partial charge in [0.2, 0.25) is 5.91 Å². The number of amides is 2. The first-order valence-corrected chi connectivity index (χ1v) is 9.08. The topological polar surface area (TPSA) is 61.4 Å². The molecule has 1 aliphatic heterocycles. The molecule has 1 saturated heterocycles. The molecule has 0 saturated carbocycles. The number of hydrogen-bond acceptors (Lipinski definition) is 3. The number of nitrogens with one attached hydrogen (secondary N) is 2. The molecule has 0 unspecified atom stereocenters. The van der Waals surface area contributed by atoms with Gasteiger partial charge in [-0.05, 0) is 51.0 Å².